The maximum atomic E-state index is 12.3. The summed E-state index contributed by atoms with van der Waals surface area (Å²) in [7, 11) is 0. The van der Waals surface area contributed by atoms with Crippen LogP contribution in [0.15, 0.2) is 57.7 Å². The predicted octanol–water partition coefficient (Wildman–Crippen LogP) is 3.86. The van der Waals surface area contributed by atoms with Gasteiger partial charge in [0, 0.05) is 23.3 Å². The zero-order valence-electron chi connectivity index (χ0n) is 17.2. The third-order valence-corrected chi connectivity index (χ3v) is 4.90. The van der Waals surface area contributed by atoms with Crippen LogP contribution in [-0.4, -0.2) is 18.2 Å². The van der Waals surface area contributed by atoms with Gasteiger partial charge in [0.1, 0.15) is 12.3 Å². The number of rotatable bonds is 7. The number of quaternary nitrogens is 1. The van der Waals surface area contributed by atoms with Crippen molar-refractivity contribution in [2.75, 3.05) is 13.1 Å². The molecule has 4 nitrogen and oxygen atoms in total. The summed E-state index contributed by atoms with van der Waals surface area (Å²) in [6, 6.07) is 14.9. The van der Waals surface area contributed by atoms with Gasteiger partial charge in [0.25, 0.3) is 0 Å². The highest BCUT2D eigenvalue weighted by molar-refractivity contribution is 5.95. The van der Waals surface area contributed by atoms with E-state index >= 15 is 0 Å². The fraction of sp³-hybridized carbons (Fsp3) is 0.375. The maximum Gasteiger partial charge on any atom is 0.336 e. The Morgan fingerprint density at radius 3 is 2.21 bits per heavy atom. The first-order valence-corrected chi connectivity index (χ1v) is 10.0. The second-order valence-corrected chi connectivity index (χ2v) is 8.41. The molecule has 1 heterocycles. The maximum absolute atomic E-state index is 12.3. The number of fused-ring (bicyclic) bond motifs is 1. The molecular weight excluding hydrogens is 350 g/mol. The SMILES string of the molecule is CC(C)C[NH+](Cc1c(O)ccc2c(-c3ccccc3)cc(=O)oc12)CC(C)C. The number of aromatic hydroxyl groups is 1. The van der Waals surface area contributed by atoms with Gasteiger partial charge >= 0.3 is 5.63 Å². The van der Waals surface area contributed by atoms with Gasteiger partial charge < -0.3 is 14.4 Å². The van der Waals surface area contributed by atoms with Gasteiger partial charge in [-0.2, -0.15) is 0 Å². The Bertz CT molecular complexity index is 980. The van der Waals surface area contributed by atoms with Gasteiger partial charge in [-0.3, -0.25) is 0 Å². The van der Waals surface area contributed by atoms with E-state index in [2.05, 4.69) is 27.7 Å². The number of phenolic OH excluding ortho intramolecular Hbond substituents is 1. The van der Waals surface area contributed by atoms with E-state index in [-0.39, 0.29) is 5.75 Å². The Morgan fingerprint density at radius 2 is 1.61 bits per heavy atom. The fourth-order valence-electron chi connectivity index (χ4n) is 3.93. The molecule has 0 radical (unpaired) electrons. The van der Waals surface area contributed by atoms with Crippen LogP contribution in [0.2, 0.25) is 0 Å². The topological polar surface area (TPSA) is 54.9 Å². The Balaban J connectivity index is 2.13. The summed E-state index contributed by atoms with van der Waals surface area (Å²) in [5.41, 5.74) is 2.61. The largest absolute Gasteiger partial charge is 0.507 e. The van der Waals surface area contributed by atoms with E-state index in [1.165, 1.54) is 11.0 Å². The second kappa shape index (κ2) is 8.61. The van der Waals surface area contributed by atoms with Crippen LogP contribution in [0.5, 0.6) is 5.75 Å². The summed E-state index contributed by atoms with van der Waals surface area (Å²) in [5, 5.41) is 11.5. The first-order chi connectivity index (χ1) is 13.3. The molecule has 1 aromatic heterocycles. The molecular formula is C24H30NO3+. The van der Waals surface area contributed by atoms with Gasteiger partial charge in [0.2, 0.25) is 0 Å². The first-order valence-electron chi connectivity index (χ1n) is 10.0. The molecule has 148 valence electrons. The monoisotopic (exact) mass is 380 g/mol. The third kappa shape index (κ3) is 4.63. The minimum Gasteiger partial charge on any atom is -0.507 e. The standard InChI is InChI=1S/C24H29NO3/c1-16(2)13-25(14-17(3)4)15-21-22(26)11-10-19-20(12-23(27)28-24(19)21)18-8-6-5-7-9-18/h5-12,16-17,26H,13-15H2,1-4H3/p+1. The quantitative estimate of drug-likeness (QED) is 0.612. The highest BCUT2D eigenvalue weighted by Crippen LogP contribution is 2.32. The zero-order chi connectivity index (χ0) is 20.3. The molecule has 2 N–H and O–H groups in total. The van der Waals surface area contributed by atoms with Crippen molar-refractivity contribution in [3.63, 3.8) is 0 Å². The highest BCUT2D eigenvalue weighted by Gasteiger charge is 2.21. The minimum atomic E-state index is -0.396. The van der Waals surface area contributed by atoms with E-state index in [1.54, 1.807) is 6.07 Å². The van der Waals surface area contributed by atoms with Crippen molar-refractivity contribution in [1.29, 1.82) is 0 Å². The molecule has 0 atom stereocenters. The summed E-state index contributed by atoms with van der Waals surface area (Å²) >= 11 is 0. The van der Waals surface area contributed by atoms with Crippen LogP contribution < -0.4 is 10.5 Å². The lowest BCUT2D eigenvalue weighted by atomic mass is 9.99. The van der Waals surface area contributed by atoms with Crippen LogP contribution in [0.1, 0.15) is 33.3 Å². The normalized spacial score (nSPS) is 11.8. The number of hydrogen-bond acceptors (Lipinski definition) is 3. The van der Waals surface area contributed by atoms with Crippen molar-refractivity contribution in [3.05, 3.63) is 64.5 Å². The zero-order valence-corrected chi connectivity index (χ0v) is 17.2. The van der Waals surface area contributed by atoms with Crippen LogP contribution in [0, 0.1) is 11.8 Å². The predicted molar refractivity (Wildman–Crippen MR) is 114 cm³/mol. The Labute approximate surface area is 166 Å². The molecule has 0 amide bonds. The van der Waals surface area contributed by atoms with Gasteiger partial charge in [-0.25, -0.2) is 4.79 Å². The van der Waals surface area contributed by atoms with Crippen molar-refractivity contribution in [2.45, 2.75) is 34.2 Å². The van der Waals surface area contributed by atoms with E-state index in [1.807, 2.05) is 36.4 Å². The van der Waals surface area contributed by atoms with Crippen LogP contribution >= 0.6 is 0 Å². The first kappa shape index (κ1) is 20.2. The minimum absolute atomic E-state index is 0.186. The van der Waals surface area contributed by atoms with Crippen molar-refractivity contribution >= 4 is 11.0 Å². The Morgan fingerprint density at radius 1 is 0.964 bits per heavy atom. The van der Waals surface area contributed by atoms with Crippen LogP contribution in [0.25, 0.3) is 22.1 Å². The average Bonchev–Trinajstić information content (AvgIpc) is 2.63. The molecule has 3 aromatic rings. The third-order valence-electron chi connectivity index (χ3n) is 4.90. The molecule has 0 aliphatic carbocycles. The number of nitrogens with one attached hydrogen (secondary N) is 1. The smallest absolute Gasteiger partial charge is 0.336 e. The molecule has 0 saturated carbocycles. The summed E-state index contributed by atoms with van der Waals surface area (Å²) < 4.78 is 5.62. The van der Waals surface area contributed by atoms with Crippen molar-refractivity contribution in [2.24, 2.45) is 11.8 Å². The number of phenols is 1. The van der Waals surface area contributed by atoms with E-state index in [0.29, 0.717) is 29.5 Å². The lowest BCUT2D eigenvalue weighted by Gasteiger charge is -2.24. The van der Waals surface area contributed by atoms with Crippen molar-refractivity contribution < 1.29 is 14.4 Å². The summed E-state index contributed by atoms with van der Waals surface area (Å²) in [5.74, 6) is 1.27. The lowest BCUT2D eigenvalue weighted by molar-refractivity contribution is -0.919. The van der Waals surface area contributed by atoms with E-state index in [4.69, 9.17) is 4.42 Å². The number of hydrogen-bond donors (Lipinski definition) is 2. The van der Waals surface area contributed by atoms with E-state index in [0.717, 1.165) is 29.6 Å². The average molecular weight is 381 g/mol. The summed E-state index contributed by atoms with van der Waals surface area (Å²) in [6.07, 6.45) is 0. The molecule has 3 rings (SSSR count). The molecule has 0 spiro atoms. The molecule has 0 aliphatic heterocycles. The van der Waals surface area contributed by atoms with Gasteiger partial charge in [-0.15, -0.1) is 0 Å². The number of benzene rings is 2. The second-order valence-electron chi connectivity index (χ2n) is 8.41. The molecule has 0 fully saturated rings. The van der Waals surface area contributed by atoms with Gasteiger partial charge in [-0.1, -0.05) is 58.0 Å². The van der Waals surface area contributed by atoms with Crippen molar-refractivity contribution in [3.8, 4) is 16.9 Å². The van der Waals surface area contributed by atoms with Gasteiger partial charge in [0.05, 0.1) is 18.7 Å². The van der Waals surface area contributed by atoms with Crippen molar-refractivity contribution in [1.82, 2.24) is 0 Å². The van der Waals surface area contributed by atoms with E-state index < -0.39 is 5.63 Å². The molecule has 0 unspecified atom stereocenters. The Kier molecular flexibility index (Phi) is 6.20. The van der Waals surface area contributed by atoms with Gasteiger partial charge in [0.15, 0.2) is 5.58 Å². The van der Waals surface area contributed by atoms with Crippen LogP contribution in [0.3, 0.4) is 0 Å². The molecule has 0 bridgehead atoms. The molecule has 4 heteroatoms. The van der Waals surface area contributed by atoms with Crippen LogP contribution in [-0.2, 0) is 6.54 Å². The molecule has 0 saturated heterocycles. The van der Waals surface area contributed by atoms with Crippen LogP contribution in [0.4, 0.5) is 0 Å². The molecule has 2 aromatic carbocycles. The summed E-state index contributed by atoms with van der Waals surface area (Å²) in [4.78, 5) is 13.7. The molecule has 28 heavy (non-hydrogen) atoms. The van der Waals surface area contributed by atoms with Gasteiger partial charge in [-0.05, 0) is 23.3 Å². The lowest BCUT2D eigenvalue weighted by Crippen LogP contribution is -3.11. The fourth-order valence-corrected chi connectivity index (χ4v) is 3.93. The Hall–Kier alpha value is -2.59. The molecule has 0 aliphatic rings. The summed E-state index contributed by atoms with van der Waals surface area (Å²) in [6.45, 7) is 11.4. The highest BCUT2D eigenvalue weighted by atomic mass is 16.4. The van der Waals surface area contributed by atoms with E-state index in [9.17, 15) is 9.90 Å².